The van der Waals surface area contributed by atoms with E-state index < -0.39 is 0 Å². The summed E-state index contributed by atoms with van der Waals surface area (Å²) < 4.78 is 0. The maximum absolute atomic E-state index is 2.56. The Morgan fingerprint density at radius 2 is 1.72 bits per heavy atom. The van der Waals surface area contributed by atoms with Crippen LogP contribution in [-0.4, -0.2) is 13.1 Å². The minimum absolute atomic E-state index is 0.606. The molecule has 1 fully saturated rings. The van der Waals surface area contributed by atoms with Gasteiger partial charge in [-0.15, -0.1) is 0 Å². The average Bonchev–Trinajstić information content (AvgIpc) is 3.10. The van der Waals surface area contributed by atoms with Crippen molar-refractivity contribution in [3.05, 3.63) is 77.9 Å². The number of hydrogen-bond donors (Lipinski definition) is 0. The Morgan fingerprint density at radius 3 is 2.56 bits per heavy atom. The number of nitrogens with zero attached hydrogens (tertiary/aromatic N) is 1. The molecule has 25 heavy (non-hydrogen) atoms. The molecule has 0 amide bonds. The molecule has 1 heteroatoms. The molecule has 4 rings (SSSR count). The van der Waals surface area contributed by atoms with E-state index >= 15 is 0 Å². The van der Waals surface area contributed by atoms with E-state index in [1.165, 1.54) is 53.5 Å². The Morgan fingerprint density at radius 1 is 0.960 bits per heavy atom. The summed E-state index contributed by atoms with van der Waals surface area (Å²) in [5, 5.41) is 2.78. The van der Waals surface area contributed by atoms with Gasteiger partial charge in [-0.25, -0.2) is 0 Å². The molecule has 1 aliphatic rings. The Balaban J connectivity index is 1.46. The molecular weight excluding hydrogens is 302 g/mol. The average molecular weight is 329 g/mol. The van der Waals surface area contributed by atoms with Gasteiger partial charge in [-0.1, -0.05) is 67.1 Å². The van der Waals surface area contributed by atoms with Crippen molar-refractivity contribution in [3.8, 4) is 0 Å². The molecule has 0 saturated carbocycles. The molecular formula is C24H27N. The summed E-state index contributed by atoms with van der Waals surface area (Å²) in [6.07, 6.45) is 2.58. The summed E-state index contributed by atoms with van der Waals surface area (Å²) in [5.41, 5.74) is 4.22. The van der Waals surface area contributed by atoms with Crippen molar-refractivity contribution in [1.29, 1.82) is 0 Å². The van der Waals surface area contributed by atoms with Crippen LogP contribution < -0.4 is 4.90 Å². The minimum atomic E-state index is 0.606. The summed E-state index contributed by atoms with van der Waals surface area (Å²) in [6, 6.07) is 24.5. The van der Waals surface area contributed by atoms with E-state index in [2.05, 4.69) is 85.5 Å². The summed E-state index contributed by atoms with van der Waals surface area (Å²) in [7, 11) is 0. The topological polar surface area (TPSA) is 3.24 Å². The molecule has 0 spiro atoms. The van der Waals surface area contributed by atoms with Crippen molar-refractivity contribution in [1.82, 2.24) is 0 Å². The van der Waals surface area contributed by atoms with Gasteiger partial charge in [-0.3, -0.25) is 0 Å². The molecule has 0 radical (unpaired) electrons. The third-order valence-electron chi connectivity index (χ3n) is 5.73. The second-order valence-electron chi connectivity index (χ2n) is 7.64. The minimum Gasteiger partial charge on any atom is -0.371 e. The van der Waals surface area contributed by atoms with Crippen molar-refractivity contribution in [2.45, 2.75) is 32.6 Å². The number of benzene rings is 3. The number of aryl methyl sites for hydroxylation is 1. The van der Waals surface area contributed by atoms with Crippen LogP contribution in [0.25, 0.3) is 10.8 Å². The quantitative estimate of drug-likeness (QED) is 0.553. The Hall–Kier alpha value is -2.28. The van der Waals surface area contributed by atoms with Crippen molar-refractivity contribution >= 4 is 16.5 Å². The van der Waals surface area contributed by atoms with Crippen LogP contribution in [0.2, 0.25) is 0 Å². The van der Waals surface area contributed by atoms with Crippen molar-refractivity contribution in [2.75, 3.05) is 18.0 Å². The van der Waals surface area contributed by atoms with Crippen LogP contribution in [0.15, 0.2) is 66.7 Å². The van der Waals surface area contributed by atoms with Crippen LogP contribution in [0.1, 0.15) is 36.8 Å². The second-order valence-corrected chi connectivity index (χ2v) is 7.64. The zero-order valence-electron chi connectivity index (χ0n) is 15.3. The molecule has 3 aromatic carbocycles. The highest BCUT2D eigenvalue weighted by Gasteiger charge is 2.25. The molecule has 0 unspecified atom stereocenters. The highest BCUT2D eigenvalue weighted by atomic mass is 15.1. The first-order valence-electron chi connectivity index (χ1n) is 9.50. The van der Waals surface area contributed by atoms with E-state index in [0.717, 1.165) is 5.92 Å². The predicted molar refractivity (Wildman–Crippen MR) is 108 cm³/mol. The number of fused-ring (bicyclic) bond motifs is 1. The zero-order valence-corrected chi connectivity index (χ0v) is 15.3. The number of hydrogen-bond acceptors (Lipinski definition) is 1. The maximum Gasteiger partial charge on any atom is 0.0366 e. The van der Waals surface area contributed by atoms with Gasteiger partial charge in [0.2, 0.25) is 0 Å². The van der Waals surface area contributed by atoms with Crippen LogP contribution in [-0.2, 0) is 0 Å². The van der Waals surface area contributed by atoms with E-state index in [1.54, 1.807) is 0 Å². The van der Waals surface area contributed by atoms with Gasteiger partial charge in [0.25, 0.3) is 0 Å². The Bertz CT molecular complexity index is 844. The zero-order chi connectivity index (χ0) is 17.2. The molecule has 1 aliphatic heterocycles. The standard InChI is InChI=1S/C24H27N/c1-18-10-12-22(13-11-18)25-15-14-20(17-25)16-19(2)23-9-5-7-21-6-3-4-8-24(21)23/h3-13,19-20H,14-17H2,1-2H3/t19-,20+/m0/s1. The van der Waals surface area contributed by atoms with Crippen molar-refractivity contribution < 1.29 is 0 Å². The smallest absolute Gasteiger partial charge is 0.0366 e. The summed E-state index contributed by atoms with van der Waals surface area (Å²) in [5.74, 6) is 1.39. The Labute approximate surface area is 151 Å². The Kier molecular flexibility index (Phi) is 4.48. The highest BCUT2D eigenvalue weighted by molar-refractivity contribution is 5.86. The van der Waals surface area contributed by atoms with Gasteiger partial charge in [0, 0.05) is 18.8 Å². The van der Waals surface area contributed by atoms with E-state index in [9.17, 15) is 0 Å². The van der Waals surface area contributed by atoms with E-state index in [4.69, 9.17) is 0 Å². The molecule has 1 nitrogen and oxygen atoms in total. The van der Waals surface area contributed by atoms with Crippen LogP contribution in [0.3, 0.4) is 0 Å². The predicted octanol–water partition coefficient (Wildman–Crippen LogP) is 6.17. The molecule has 2 atom stereocenters. The largest absolute Gasteiger partial charge is 0.371 e. The highest BCUT2D eigenvalue weighted by Crippen LogP contribution is 2.34. The third-order valence-corrected chi connectivity index (χ3v) is 5.73. The lowest BCUT2D eigenvalue weighted by Gasteiger charge is -2.21. The molecule has 0 N–H and O–H groups in total. The SMILES string of the molecule is Cc1ccc(N2CC[C@H](C[C@H](C)c3cccc4ccccc34)C2)cc1. The van der Waals surface area contributed by atoms with Crippen LogP contribution in [0, 0.1) is 12.8 Å². The summed E-state index contributed by atoms with van der Waals surface area (Å²) in [6.45, 7) is 6.94. The van der Waals surface area contributed by atoms with Gasteiger partial charge < -0.3 is 4.90 Å². The monoisotopic (exact) mass is 329 g/mol. The van der Waals surface area contributed by atoms with Crippen molar-refractivity contribution in [3.63, 3.8) is 0 Å². The van der Waals surface area contributed by atoms with Gasteiger partial charge >= 0.3 is 0 Å². The molecule has 128 valence electrons. The molecule has 3 aromatic rings. The molecule has 1 saturated heterocycles. The first-order valence-corrected chi connectivity index (χ1v) is 9.50. The fraction of sp³-hybridized carbons (Fsp3) is 0.333. The lowest BCUT2D eigenvalue weighted by atomic mass is 9.87. The van der Waals surface area contributed by atoms with Crippen LogP contribution in [0.5, 0.6) is 0 Å². The normalized spacial score (nSPS) is 18.6. The van der Waals surface area contributed by atoms with Gasteiger partial charge in [0.05, 0.1) is 0 Å². The number of anilines is 1. The summed E-state index contributed by atoms with van der Waals surface area (Å²) in [4.78, 5) is 2.56. The van der Waals surface area contributed by atoms with Gasteiger partial charge in [-0.05, 0) is 60.1 Å². The fourth-order valence-corrected chi connectivity index (χ4v) is 4.32. The van der Waals surface area contributed by atoms with Crippen LogP contribution >= 0.6 is 0 Å². The van der Waals surface area contributed by atoms with Gasteiger partial charge in [0.1, 0.15) is 0 Å². The second kappa shape index (κ2) is 6.92. The van der Waals surface area contributed by atoms with E-state index in [0.29, 0.717) is 5.92 Å². The molecule has 0 aliphatic carbocycles. The van der Waals surface area contributed by atoms with E-state index in [1.807, 2.05) is 0 Å². The van der Waals surface area contributed by atoms with Gasteiger partial charge in [-0.2, -0.15) is 0 Å². The lowest BCUT2D eigenvalue weighted by Crippen LogP contribution is -2.20. The van der Waals surface area contributed by atoms with E-state index in [-0.39, 0.29) is 0 Å². The van der Waals surface area contributed by atoms with Crippen LogP contribution in [0.4, 0.5) is 5.69 Å². The molecule has 0 aromatic heterocycles. The van der Waals surface area contributed by atoms with Gasteiger partial charge in [0.15, 0.2) is 0 Å². The summed E-state index contributed by atoms with van der Waals surface area (Å²) >= 11 is 0. The van der Waals surface area contributed by atoms with Crippen molar-refractivity contribution in [2.24, 2.45) is 5.92 Å². The maximum atomic E-state index is 2.56. The lowest BCUT2D eigenvalue weighted by molar-refractivity contribution is 0.489. The number of rotatable bonds is 4. The molecule has 0 bridgehead atoms. The first kappa shape index (κ1) is 16.2. The first-order chi connectivity index (χ1) is 12.2. The molecule has 1 heterocycles. The fourth-order valence-electron chi connectivity index (χ4n) is 4.32. The third kappa shape index (κ3) is 3.42.